The van der Waals surface area contributed by atoms with Crippen molar-refractivity contribution in [1.82, 2.24) is 5.32 Å². The van der Waals surface area contributed by atoms with Gasteiger partial charge in [-0.3, -0.25) is 9.59 Å². The number of nitriles is 1. The number of halogens is 3. The SMILES string of the molecule is COC(CNC(=O)CCCC(C)(Cc1ccc(C#N)cc1)C(=O)Nc1cc(Cl)c(F)c(Cl)c1)OC. The van der Waals surface area contributed by atoms with Crippen LogP contribution in [0, 0.1) is 22.6 Å². The van der Waals surface area contributed by atoms with Crippen LogP contribution >= 0.6 is 23.2 Å². The van der Waals surface area contributed by atoms with Gasteiger partial charge in [-0.2, -0.15) is 5.26 Å². The molecule has 0 saturated carbocycles. The number of amides is 2. The van der Waals surface area contributed by atoms with E-state index >= 15 is 0 Å². The van der Waals surface area contributed by atoms with Gasteiger partial charge in [0.2, 0.25) is 11.8 Å². The van der Waals surface area contributed by atoms with Crippen molar-refractivity contribution in [3.05, 3.63) is 63.4 Å². The molecule has 10 heteroatoms. The van der Waals surface area contributed by atoms with E-state index in [4.69, 9.17) is 37.9 Å². The molecule has 0 radical (unpaired) electrons. The number of carbonyl (C=O) groups is 2. The van der Waals surface area contributed by atoms with Gasteiger partial charge in [-0.15, -0.1) is 0 Å². The zero-order valence-electron chi connectivity index (χ0n) is 19.8. The van der Waals surface area contributed by atoms with E-state index in [0.29, 0.717) is 24.8 Å². The van der Waals surface area contributed by atoms with Crippen LogP contribution < -0.4 is 10.6 Å². The van der Waals surface area contributed by atoms with Crippen LogP contribution in [0.1, 0.15) is 37.3 Å². The first-order chi connectivity index (χ1) is 16.6. The summed E-state index contributed by atoms with van der Waals surface area (Å²) in [6.07, 6.45) is 0.823. The predicted molar refractivity (Wildman–Crippen MR) is 133 cm³/mol. The Labute approximate surface area is 214 Å². The van der Waals surface area contributed by atoms with E-state index in [0.717, 1.165) is 5.56 Å². The molecule has 7 nitrogen and oxygen atoms in total. The molecule has 2 rings (SSSR count). The molecule has 0 bridgehead atoms. The maximum atomic E-state index is 13.8. The van der Waals surface area contributed by atoms with Crippen LogP contribution in [0.25, 0.3) is 0 Å². The molecule has 1 atom stereocenters. The lowest BCUT2D eigenvalue weighted by atomic mass is 9.78. The third-order valence-corrected chi connectivity index (χ3v) is 6.14. The number of nitrogens with one attached hydrogen (secondary N) is 2. The van der Waals surface area contributed by atoms with E-state index in [1.54, 1.807) is 31.2 Å². The second-order valence-electron chi connectivity index (χ2n) is 8.31. The minimum Gasteiger partial charge on any atom is -0.354 e. The molecule has 0 aliphatic heterocycles. The molecule has 0 spiro atoms. The molecule has 2 aromatic carbocycles. The second-order valence-corrected chi connectivity index (χ2v) is 9.13. The maximum Gasteiger partial charge on any atom is 0.230 e. The van der Waals surface area contributed by atoms with Crippen molar-refractivity contribution in [2.45, 2.75) is 38.9 Å². The number of ether oxygens (including phenoxy) is 2. The van der Waals surface area contributed by atoms with Crippen LogP contribution in [0.15, 0.2) is 36.4 Å². The molecule has 35 heavy (non-hydrogen) atoms. The van der Waals surface area contributed by atoms with E-state index in [9.17, 15) is 14.0 Å². The Balaban J connectivity index is 2.14. The first-order valence-electron chi connectivity index (χ1n) is 10.9. The normalized spacial score (nSPS) is 12.6. The summed E-state index contributed by atoms with van der Waals surface area (Å²) in [5, 5.41) is 14.1. The molecule has 188 valence electrons. The molecule has 2 N–H and O–H groups in total. The number of hydrogen-bond donors (Lipinski definition) is 2. The molecule has 0 heterocycles. The van der Waals surface area contributed by atoms with Gasteiger partial charge in [0.15, 0.2) is 12.1 Å². The summed E-state index contributed by atoms with van der Waals surface area (Å²) in [6, 6.07) is 11.6. The Bertz CT molecular complexity index is 1050. The van der Waals surface area contributed by atoms with Gasteiger partial charge in [-0.1, -0.05) is 42.3 Å². The van der Waals surface area contributed by atoms with Gasteiger partial charge >= 0.3 is 0 Å². The van der Waals surface area contributed by atoms with Gasteiger partial charge in [0.05, 0.1) is 33.6 Å². The smallest absolute Gasteiger partial charge is 0.230 e. The van der Waals surface area contributed by atoms with Gasteiger partial charge in [0.1, 0.15) is 0 Å². The number of methoxy groups -OCH3 is 2. The van der Waals surface area contributed by atoms with E-state index in [-0.39, 0.29) is 40.5 Å². The number of hydrogen-bond acceptors (Lipinski definition) is 5. The van der Waals surface area contributed by atoms with Gasteiger partial charge < -0.3 is 20.1 Å². The first kappa shape index (κ1) is 28.5. The van der Waals surface area contributed by atoms with Gasteiger partial charge in [0, 0.05) is 26.3 Å². The van der Waals surface area contributed by atoms with Crippen molar-refractivity contribution in [3.8, 4) is 6.07 Å². The summed E-state index contributed by atoms with van der Waals surface area (Å²) < 4.78 is 23.9. The third kappa shape index (κ3) is 8.48. The van der Waals surface area contributed by atoms with Crippen LogP contribution in [0.2, 0.25) is 10.0 Å². The molecule has 0 aliphatic carbocycles. The van der Waals surface area contributed by atoms with Crippen molar-refractivity contribution >= 4 is 40.7 Å². The predicted octanol–water partition coefficient (Wildman–Crippen LogP) is 5.10. The first-order valence-corrected chi connectivity index (χ1v) is 11.6. The van der Waals surface area contributed by atoms with Crippen molar-refractivity contribution in [2.75, 3.05) is 26.1 Å². The van der Waals surface area contributed by atoms with Gasteiger partial charge in [-0.05, 0) is 49.1 Å². The highest BCUT2D eigenvalue weighted by atomic mass is 35.5. The van der Waals surface area contributed by atoms with Crippen LogP contribution in [0.3, 0.4) is 0 Å². The lowest BCUT2D eigenvalue weighted by Crippen LogP contribution is -2.37. The zero-order valence-corrected chi connectivity index (χ0v) is 21.3. The number of benzene rings is 2. The van der Waals surface area contributed by atoms with Crippen molar-refractivity contribution < 1.29 is 23.5 Å². The number of carbonyl (C=O) groups excluding carboxylic acids is 2. The Hall–Kier alpha value is -2.70. The van der Waals surface area contributed by atoms with E-state index in [1.807, 2.05) is 0 Å². The maximum absolute atomic E-state index is 13.8. The fraction of sp³-hybridized carbons (Fsp3) is 0.400. The molecule has 2 aromatic rings. The van der Waals surface area contributed by atoms with Gasteiger partial charge in [-0.25, -0.2) is 4.39 Å². The molecule has 2 amide bonds. The Morgan fingerprint density at radius 3 is 2.29 bits per heavy atom. The molecular weight excluding hydrogens is 496 g/mol. The fourth-order valence-electron chi connectivity index (χ4n) is 3.53. The zero-order chi connectivity index (χ0) is 26.0. The largest absolute Gasteiger partial charge is 0.354 e. The minimum atomic E-state index is -0.927. The summed E-state index contributed by atoms with van der Waals surface area (Å²) in [5.41, 5.74) is 0.700. The molecule has 0 fully saturated rings. The molecule has 0 aliphatic rings. The summed E-state index contributed by atoms with van der Waals surface area (Å²) in [7, 11) is 2.96. The topological polar surface area (TPSA) is 100 Å². The van der Waals surface area contributed by atoms with Crippen molar-refractivity contribution in [3.63, 3.8) is 0 Å². The Kier molecular flexibility index (Phi) is 10.9. The lowest BCUT2D eigenvalue weighted by Gasteiger charge is -2.29. The van der Waals surface area contributed by atoms with E-state index < -0.39 is 17.5 Å². The average molecular weight is 524 g/mol. The average Bonchev–Trinajstić information content (AvgIpc) is 2.83. The van der Waals surface area contributed by atoms with E-state index in [2.05, 4.69) is 16.7 Å². The second kappa shape index (κ2) is 13.4. The summed E-state index contributed by atoms with van der Waals surface area (Å²) in [6.45, 7) is 2.00. The lowest BCUT2D eigenvalue weighted by molar-refractivity contribution is -0.128. The van der Waals surface area contributed by atoms with Gasteiger partial charge in [0.25, 0.3) is 0 Å². The van der Waals surface area contributed by atoms with Crippen LogP contribution in [-0.2, 0) is 25.5 Å². The molecule has 0 saturated heterocycles. The number of rotatable bonds is 12. The quantitative estimate of drug-likeness (QED) is 0.297. The van der Waals surface area contributed by atoms with Crippen molar-refractivity contribution in [2.24, 2.45) is 5.41 Å². The molecule has 1 unspecified atom stereocenters. The highest BCUT2D eigenvalue weighted by Crippen LogP contribution is 2.33. The summed E-state index contributed by atoms with van der Waals surface area (Å²) in [5.74, 6) is -1.29. The molecule has 0 aromatic heterocycles. The Morgan fingerprint density at radius 1 is 1.14 bits per heavy atom. The minimum absolute atomic E-state index is 0.192. The van der Waals surface area contributed by atoms with Crippen LogP contribution in [-0.4, -0.2) is 38.9 Å². The van der Waals surface area contributed by atoms with Crippen molar-refractivity contribution in [1.29, 1.82) is 5.26 Å². The highest BCUT2D eigenvalue weighted by Gasteiger charge is 2.33. The van der Waals surface area contributed by atoms with Crippen LogP contribution in [0.4, 0.5) is 10.1 Å². The summed E-state index contributed by atoms with van der Waals surface area (Å²) in [4.78, 5) is 25.6. The molecular formula is C25H28Cl2FN3O4. The van der Waals surface area contributed by atoms with Crippen LogP contribution in [0.5, 0.6) is 0 Å². The summed E-state index contributed by atoms with van der Waals surface area (Å²) >= 11 is 11.7. The number of anilines is 1. The van der Waals surface area contributed by atoms with E-state index in [1.165, 1.54) is 26.4 Å². The number of nitrogens with zero attached hydrogens (tertiary/aromatic N) is 1. The standard InChI is InChI=1S/C25H28Cl2FN3O4/c1-25(13-16-6-8-17(14-29)9-7-16,10-4-5-21(32)30-15-22(34-2)35-3)24(33)31-18-11-19(26)23(28)20(27)12-18/h6-9,11-12,22H,4-5,10,13,15H2,1-3H3,(H,30,32)(H,31,33). The highest BCUT2D eigenvalue weighted by molar-refractivity contribution is 6.35. The Morgan fingerprint density at radius 2 is 1.74 bits per heavy atom. The third-order valence-electron chi connectivity index (χ3n) is 5.59. The monoisotopic (exact) mass is 523 g/mol. The fourth-order valence-corrected chi connectivity index (χ4v) is 4.01.